The van der Waals surface area contributed by atoms with Crippen LogP contribution in [0, 0.1) is 5.41 Å². The summed E-state index contributed by atoms with van der Waals surface area (Å²) in [6.45, 7) is 9.25. The minimum atomic E-state index is -3.67. The number of hydrogen-bond donors (Lipinski definition) is 1. The second-order valence-electron chi connectivity index (χ2n) is 6.86. The van der Waals surface area contributed by atoms with Gasteiger partial charge in [-0.15, -0.1) is 0 Å². The van der Waals surface area contributed by atoms with Gasteiger partial charge in [-0.05, 0) is 38.1 Å². The van der Waals surface area contributed by atoms with Crippen molar-refractivity contribution in [2.45, 2.75) is 40.7 Å². The molecule has 0 aliphatic rings. The molecule has 0 aromatic heterocycles. The molecule has 0 unspecified atom stereocenters. The molecule has 1 atom stereocenters. The van der Waals surface area contributed by atoms with Gasteiger partial charge in [-0.2, -0.15) is 5.10 Å². The van der Waals surface area contributed by atoms with E-state index >= 15 is 0 Å². The summed E-state index contributed by atoms with van der Waals surface area (Å²) >= 11 is 0. The Morgan fingerprint density at radius 1 is 1.24 bits per heavy atom. The van der Waals surface area contributed by atoms with Crippen molar-refractivity contribution in [3.05, 3.63) is 24.3 Å². The molecule has 8 heteroatoms. The van der Waals surface area contributed by atoms with E-state index in [2.05, 4.69) is 10.5 Å². The van der Waals surface area contributed by atoms with Gasteiger partial charge in [0.05, 0.1) is 19.1 Å². The van der Waals surface area contributed by atoms with Gasteiger partial charge in [0.25, 0.3) is 5.91 Å². The fraction of sp³-hybridized carbons (Fsp3) is 0.529. The van der Waals surface area contributed by atoms with Crippen molar-refractivity contribution in [2.75, 3.05) is 17.7 Å². The summed E-state index contributed by atoms with van der Waals surface area (Å²) in [6.07, 6.45) is 1.06. The van der Waals surface area contributed by atoms with Crippen LogP contribution in [0.4, 0.5) is 5.69 Å². The molecule has 0 saturated heterocycles. The van der Waals surface area contributed by atoms with Gasteiger partial charge < -0.3 is 4.74 Å². The number of rotatable bonds is 6. The maximum atomic E-state index is 12.4. The van der Waals surface area contributed by atoms with E-state index in [4.69, 9.17) is 4.74 Å². The minimum Gasteiger partial charge on any atom is -0.497 e. The van der Waals surface area contributed by atoms with Gasteiger partial charge in [0.2, 0.25) is 10.0 Å². The van der Waals surface area contributed by atoms with Gasteiger partial charge >= 0.3 is 0 Å². The number of amides is 1. The molecule has 1 rings (SSSR count). The molecule has 25 heavy (non-hydrogen) atoms. The van der Waals surface area contributed by atoms with Gasteiger partial charge in [-0.1, -0.05) is 20.8 Å². The predicted octanol–water partition coefficient (Wildman–Crippen LogP) is 2.39. The number of carbonyl (C=O) groups is 1. The van der Waals surface area contributed by atoms with Crippen molar-refractivity contribution in [3.8, 4) is 5.75 Å². The highest BCUT2D eigenvalue weighted by molar-refractivity contribution is 7.92. The third-order valence-corrected chi connectivity index (χ3v) is 5.08. The van der Waals surface area contributed by atoms with E-state index in [0.717, 1.165) is 16.3 Å². The Labute approximate surface area is 150 Å². The van der Waals surface area contributed by atoms with Crippen LogP contribution in [0.3, 0.4) is 0 Å². The number of nitrogens with zero attached hydrogens (tertiary/aromatic N) is 2. The number of carbonyl (C=O) groups excluding carboxylic acids is 1. The first-order valence-corrected chi connectivity index (χ1v) is 9.71. The first-order valence-electron chi connectivity index (χ1n) is 7.86. The molecule has 1 aromatic rings. The summed E-state index contributed by atoms with van der Waals surface area (Å²) in [7, 11) is -2.14. The van der Waals surface area contributed by atoms with Crippen LogP contribution in [0.1, 0.15) is 34.6 Å². The summed E-state index contributed by atoms with van der Waals surface area (Å²) in [5, 5.41) is 4.08. The summed E-state index contributed by atoms with van der Waals surface area (Å²) in [6, 6.07) is 5.50. The van der Waals surface area contributed by atoms with Gasteiger partial charge in [-0.25, -0.2) is 13.8 Å². The van der Waals surface area contributed by atoms with Crippen molar-refractivity contribution in [1.29, 1.82) is 0 Å². The summed E-state index contributed by atoms with van der Waals surface area (Å²) in [5.74, 6) is 0.0875. The number of sulfonamides is 1. The summed E-state index contributed by atoms with van der Waals surface area (Å²) < 4.78 is 30.6. The van der Waals surface area contributed by atoms with Crippen LogP contribution < -0.4 is 14.5 Å². The highest BCUT2D eigenvalue weighted by Gasteiger charge is 2.29. The number of benzene rings is 1. The molecule has 0 radical (unpaired) electrons. The zero-order valence-electron chi connectivity index (χ0n) is 15.8. The van der Waals surface area contributed by atoms with Crippen LogP contribution in [0.5, 0.6) is 5.75 Å². The number of hydrazone groups is 1. The van der Waals surface area contributed by atoms with Crippen LogP contribution >= 0.6 is 0 Å². The molecule has 0 aliphatic carbocycles. The Morgan fingerprint density at radius 3 is 2.16 bits per heavy atom. The van der Waals surface area contributed by atoms with Gasteiger partial charge in [0.15, 0.2) is 0 Å². The highest BCUT2D eigenvalue weighted by atomic mass is 32.2. The van der Waals surface area contributed by atoms with E-state index in [-0.39, 0.29) is 5.41 Å². The van der Waals surface area contributed by atoms with E-state index in [9.17, 15) is 13.2 Å². The normalized spacial score (nSPS) is 14.0. The lowest BCUT2D eigenvalue weighted by Gasteiger charge is -2.28. The second-order valence-corrected chi connectivity index (χ2v) is 8.72. The number of anilines is 1. The van der Waals surface area contributed by atoms with E-state index in [1.165, 1.54) is 14.0 Å². The molecule has 1 aromatic carbocycles. The van der Waals surface area contributed by atoms with Crippen molar-refractivity contribution < 1.29 is 17.9 Å². The monoisotopic (exact) mass is 369 g/mol. The average molecular weight is 369 g/mol. The van der Waals surface area contributed by atoms with Crippen molar-refractivity contribution in [2.24, 2.45) is 10.5 Å². The quantitative estimate of drug-likeness (QED) is 0.616. The lowest BCUT2D eigenvalue weighted by molar-refractivity contribution is -0.121. The summed E-state index contributed by atoms with van der Waals surface area (Å²) in [4.78, 5) is 12.4. The molecule has 140 valence electrons. The maximum Gasteiger partial charge on any atom is 0.263 e. The van der Waals surface area contributed by atoms with Crippen LogP contribution in [0.25, 0.3) is 0 Å². The molecule has 1 N–H and O–H groups in total. The standard InChI is InChI=1S/C17H27N3O4S/c1-12(16(21)19-18-13(2)17(3,4)5)20(25(7,22)23)14-8-10-15(24-6)11-9-14/h8-12H,1-7H3,(H,19,21)/b18-13-/t12-/m1/s1. The third kappa shape index (κ3) is 5.74. The first kappa shape index (κ1) is 21.0. The zero-order valence-corrected chi connectivity index (χ0v) is 16.6. The number of ether oxygens (including phenoxy) is 1. The molecule has 7 nitrogen and oxygen atoms in total. The lowest BCUT2D eigenvalue weighted by Crippen LogP contribution is -2.47. The molecule has 0 spiro atoms. The Morgan fingerprint density at radius 2 is 1.76 bits per heavy atom. The molecular weight excluding hydrogens is 342 g/mol. The molecule has 0 saturated carbocycles. The average Bonchev–Trinajstić information content (AvgIpc) is 2.50. The van der Waals surface area contributed by atoms with E-state index in [1.807, 2.05) is 27.7 Å². The van der Waals surface area contributed by atoms with Crippen molar-refractivity contribution >= 4 is 27.3 Å². The number of hydrogen-bond acceptors (Lipinski definition) is 5. The fourth-order valence-corrected chi connectivity index (χ4v) is 3.11. The Kier molecular flexibility index (Phi) is 6.59. The number of methoxy groups -OCH3 is 1. The second kappa shape index (κ2) is 7.86. The van der Waals surface area contributed by atoms with Crippen molar-refractivity contribution in [1.82, 2.24) is 5.43 Å². The first-order chi connectivity index (χ1) is 11.4. The fourth-order valence-electron chi connectivity index (χ4n) is 1.94. The van der Waals surface area contributed by atoms with Gasteiger partial charge in [0, 0.05) is 11.1 Å². The molecule has 0 heterocycles. The third-order valence-electron chi connectivity index (χ3n) is 3.83. The summed E-state index contributed by atoms with van der Waals surface area (Å²) in [5.41, 5.74) is 3.38. The van der Waals surface area contributed by atoms with Crippen molar-refractivity contribution in [3.63, 3.8) is 0 Å². The molecule has 1 amide bonds. The lowest BCUT2D eigenvalue weighted by atomic mass is 9.91. The number of nitrogens with one attached hydrogen (secondary N) is 1. The van der Waals surface area contributed by atoms with E-state index in [0.29, 0.717) is 11.4 Å². The smallest absolute Gasteiger partial charge is 0.263 e. The Bertz CT molecular complexity index is 734. The van der Waals surface area contributed by atoms with Crippen LogP contribution in [-0.2, 0) is 14.8 Å². The van der Waals surface area contributed by atoms with Crippen LogP contribution in [0.15, 0.2) is 29.4 Å². The van der Waals surface area contributed by atoms with E-state index in [1.54, 1.807) is 24.3 Å². The molecular formula is C17H27N3O4S. The van der Waals surface area contributed by atoms with E-state index < -0.39 is 22.0 Å². The molecule has 0 fully saturated rings. The van der Waals surface area contributed by atoms with Crippen LogP contribution in [-0.4, -0.2) is 39.4 Å². The molecule has 0 aliphatic heterocycles. The zero-order chi connectivity index (χ0) is 19.4. The topological polar surface area (TPSA) is 88.1 Å². The maximum absolute atomic E-state index is 12.4. The van der Waals surface area contributed by atoms with Gasteiger partial charge in [-0.3, -0.25) is 9.10 Å². The van der Waals surface area contributed by atoms with Crippen LogP contribution in [0.2, 0.25) is 0 Å². The minimum absolute atomic E-state index is 0.191. The SMILES string of the molecule is COc1ccc(N([C@H](C)C(=O)N/N=C(/C)C(C)(C)C)S(C)(=O)=O)cc1. The predicted molar refractivity (Wildman–Crippen MR) is 100 cm³/mol. The Hall–Kier alpha value is -2.09. The highest BCUT2D eigenvalue weighted by Crippen LogP contribution is 2.24. The molecule has 0 bridgehead atoms. The van der Waals surface area contributed by atoms with Gasteiger partial charge in [0.1, 0.15) is 11.8 Å². The largest absolute Gasteiger partial charge is 0.497 e. The Balaban J connectivity index is 3.09.